The molecule has 112 valence electrons. The summed E-state index contributed by atoms with van der Waals surface area (Å²) in [4.78, 5) is 13.9. The Hall–Kier alpha value is -1.59. The molecule has 0 bridgehead atoms. The number of amides is 1. The number of aliphatic hydroxyl groups is 1. The number of nitrogens with two attached hydrogens (primary N) is 1. The third kappa shape index (κ3) is 4.21. The Balaban J connectivity index is 2.55. The lowest BCUT2D eigenvalue weighted by Crippen LogP contribution is -2.45. The second kappa shape index (κ2) is 6.72. The molecule has 0 spiro atoms. The van der Waals surface area contributed by atoms with Crippen molar-refractivity contribution < 1.29 is 9.90 Å². The summed E-state index contributed by atoms with van der Waals surface area (Å²) in [5, 5.41) is 12.1. The highest BCUT2D eigenvalue weighted by atomic mass is 16.3. The average molecular weight is 279 g/mol. The summed E-state index contributed by atoms with van der Waals surface area (Å²) in [6.45, 7) is 6.39. The van der Waals surface area contributed by atoms with Gasteiger partial charge in [-0.1, -0.05) is 6.07 Å². The normalized spacial score (nSPS) is 11.7. The van der Waals surface area contributed by atoms with Crippen molar-refractivity contribution in [3.8, 4) is 0 Å². The van der Waals surface area contributed by atoms with Gasteiger partial charge >= 0.3 is 0 Å². The fraction of sp³-hybridized carbons (Fsp3) is 0.533. The molecule has 4 N–H and O–H groups in total. The standard InChI is InChI=1S/C15H25N3O2/c1-11-12(16)6-5-7-13(11)17-14(20)8-9-18(4)15(2,3)10-19/h5-7,19H,8-10,16H2,1-4H3,(H,17,20). The molecular formula is C15H25N3O2. The number of rotatable bonds is 6. The van der Waals surface area contributed by atoms with Crippen LogP contribution in [0.15, 0.2) is 18.2 Å². The molecule has 1 aromatic carbocycles. The fourth-order valence-electron chi connectivity index (χ4n) is 1.69. The minimum atomic E-state index is -0.326. The molecule has 0 radical (unpaired) electrons. The highest BCUT2D eigenvalue weighted by Crippen LogP contribution is 2.20. The minimum absolute atomic E-state index is 0.0550. The second-order valence-corrected chi connectivity index (χ2v) is 5.71. The highest BCUT2D eigenvalue weighted by Gasteiger charge is 2.22. The molecular weight excluding hydrogens is 254 g/mol. The third-order valence-electron chi connectivity index (χ3n) is 3.74. The van der Waals surface area contributed by atoms with E-state index in [1.165, 1.54) is 0 Å². The van der Waals surface area contributed by atoms with E-state index >= 15 is 0 Å². The van der Waals surface area contributed by atoms with Crippen LogP contribution in [-0.4, -0.2) is 41.7 Å². The lowest BCUT2D eigenvalue weighted by molar-refractivity contribution is -0.116. The smallest absolute Gasteiger partial charge is 0.225 e. The number of carbonyl (C=O) groups excluding carboxylic acids is 1. The van der Waals surface area contributed by atoms with Crippen LogP contribution in [-0.2, 0) is 4.79 Å². The first-order chi connectivity index (χ1) is 9.27. The molecule has 0 aliphatic carbocycles. The van der Waals surface area contributed by atoms with Gasteiger partial charge in [-0.25, -0.2) is 0 Å². The molecule has 0 aromatic heterocycles. The number of likely N-dealkylation sites (N-methyl/N-ethyl adjacent to an activating group) is 1. The summed E-state index contributed by atoms with van der Waals surface area (Å²) >= 11 is 0. The molecule has 5 nitrogen and oxygen atoms in total. The molecule has 0 aliphatic rings. The SMILES string of the molecule is Cc1c(N)cccc1NC(=O)CCN(C)C(C)(C)CO. The Morgan fingerprint density at radius 3 is 2.70 bits per heavy atom. The molecule has 0 atom stereocenters. The lowest BCUT2D eigenvalue weighted by atomic mass is 10.1. The number of carbonyl (C=O) groups is 1. The van der Waals surface area contributed by atoms with E-state index in [1.807, 2.05) is 50.9 Å². The van der Waals surface area contributed by atoms with E-state index in [0.29, 0.717) is 18.7 Å². The number of nitrogens with zero attached hydrogens (tertiary/aromatic N) is 1. The first-order valence-corrected chi connectivity index (χ1v) is 6.75. The number of aliphatic hydroxyl groups excluding tert-OH is 1. The maximum Gasteiger partial charge on any atom is 0.225 e. The predicted octanol–water partition coefficient (Wildman–Crippen LogP) is 1.61. The average Bonchev–Trinajstić information content (AvgIpc) is 2.41. The molecule has 1 aromatic rings. The van der Waals surface area contributed by atoms with Crippen LogP contribution >= 0.6 is 0 Å². The van der Waals surface area contributed by atoms with Gasteiger partial charge in [-0.2, -0.15) is 0 Å². The summed E-state index contributed by atoms with van der Waals surface area (Å²) in [5.74, 6) is -0.0562. The summed E-state index contributed by atoms with van der Waals surface area (Å²) in [6.07, 6.45) is 0.369. The number of hydrogen-bond acceptors (Lipinski definition) is 4. The Morgan fingerprint density at radius 1 is 1.45 bits per heavy atom. The van der Waals surface area contributed by atoms with Gasteiger partial charge in [-0.05, 0) is 45.5 Å². The van der Waals surface area contributed by atoms with Gasteiger partial charge in [0.2, 0.25) is 5.91 Å². The van der Waals surface area contributed by atoms with Crippen molar-refractivity contribution in [1.29, 1.82) is 0 Å². The van der Waals surface area contributed by atoms with E-state index in [9.17, 15) is 9.90 Å². The predicted molar refractivity (Wildman–Crippen MR) is 82.6 cm³/mol. The summed E-state index contributed by atoms with van der Waals surface area (Å²) in [5.41, 5.74) is 7.78. The van der Waals surface area contributed by atoms with Crippen LogP contribution < -0.4 is 11.1 Å². The fourth-order valence-corrected chi connectivity index (χ4v) is 1.69. The van der Waals surface area contributed by atoms with Gasteiger partial charge in [-0.15, -0.1) is 0 Å². The first kappa shape index (κ1) is 16.5. The van der Waals surface area contributed by atoms with Crippen LogP contribution in [0.3, 0.4) is 0 Å². The molecule has 0 saturated carbocycles. The van der Waals surface area contributed by atoms with Crippen molar-refractivity contribution in [2.24, 2.45) is 0 Å². The van der Waals surface area contributed by atoms with Gasteiger partial charge in [0.05, 0.1) is 6.61 Å². The third-order valence-corrected chi connectivity index (χ3v) is 3.74. The van der Waals surface area contributed by atoms with Gasteiger partial charge in [0.15, 0.2) is 0 Å². The van der Waals surface area contributed by atoms with E-state index in [2.05, 4.69) is 5.32 Å². The molecule has 5 heteroatoms. The zero-order valence-electron chi connectivity index (χ0n) is 12.7. The summed E-state index contributed by atoms with van der Waals surface area (Å²) in [6, 6.07) is 5.46. The maximum absolute atomic E-state index is 12.0. The molecule has 0 aliphatic heterocycles. The Labute approximate surface area is 120 Å². The van der Waals surface area contributed by atoms with Gasteiger partial charge in [-0.3, -0.25) is 9.69 Å². The topological polar surface area (TPSA) is 78.6 Å². The first-order valence-electron chi connectivity index (χ1n) is 6.75. The van der Waals surface area contributed by atoms with Gasteiger partial charge in [0, 0.05) is 29.9 Å². The Bertz CT molecular complexity index is 472. The van der Waals surface area contributed by atoms with E-state index in [-0.39, 0.29) is 18.1 Å². The van der Waals surface area contributed by atoms with Crippen molar-refractivity contribution >= 4 is 17.3 Å². The Kier molecular flexibility index (Phi) is 5.53. The highest BCUT2D eigenvalue weighted by molar-refractivity contribution is 5.92. The lowest BCUT2D eigenvalue weighted by Gasteiger charge is -2.33. The number of nitrogens with one attached hydrogen (secondary N) is 1. The monoisotopic (exact) mass is 279 g/mol. The molecule has 20 heavy (non-hydrogen) atoms. The zero-order chi connectivity index (χ0) is 15.3. The van der Waals surface area contributed by atoms with Crippen LogP contribution in [0, 0.1) is 6.92 Å². The zero-order valence-corrected chi connectivity index (χ0v) is 12.7. The van der Waals surface area contributed by atoms with Crippen molar-refractivity contribution in [3.63, 3.8) is 0 Å². The molecule has 0 heterocycles. The van der Waals surface area contributed by atoms with Crippen LogP contribution in [0.5, 0.6) is 0 Å². The minimum Gasteiger partial charge on any atom is -0.398 e. The largest absolute Gasteiger partial charge is 0.398 e. The summed E-state index contributed by atoms with van der Waals surface area (Å²) in [7, 11) is 1.90. The molecule has 1 rings (SSSR count). The van der Waals surface area contributed by atoms with Crippen molar-refractivity contribution in [2.75, 3.05) is 31.2 Å². The van der Waals surface area contributed by atoms with Crippen LogP contribution in [0.4, 0.5) is 11.4 Å². The van der Waals surface area contributed by atoms with E-state index in [1.54, 1.807) is 0 Å². The van der Waals surface area contributed by atoms with Crippen LogP contribution in [0.2, 0.25) is 0 Å². The van der Waals surface area contributed by atoms with Gasteiger partial charge in [0.1, 0.15) is 0 Å². The molecule has 0 saturated heterocycles. The van der Waals surface area contributed by atoms with Crippen LogP contribution in [0.25, 0.3) is 0 Å². The van der Waals surface area contributed by atoms with Gasteiger partial charge < -0.3 is 16.2 Å². The molecule has 0 fully saturated rings. The molecule has 0 unspecified atom stereocenters. The summed E-state index contributed by atoms with van der Waals surface area (Å²) < 4.78 is 0. The van der Waals surface area contributed by atoms with E-state index in [4.69, 9.17) is 5.73 Å². The van der Waals surface area contributed by atoms with E-state index in [0.717, 1.165) is 11.3 Å². The number of hydrogen-bond donors (Lipinski definition) is 3. The van der Waals surface area contributed by atoms with Crippen molar-refractivity contribution in [1.82, 2.24) is 4.90 Å². The number of anilines is 2. The molecule has 1 amide bonds. The number of nitrogen functional groups attached to an aromatic ring is 1. The number of benzene rings is 1. The maximum atomic E-state index is 12.0. The quantitative estimate of drug-likeness (QED) is 0.691. The van der Waals surface area contributed by atoms with Crippen LogP contribution in [0.1, 0.15) is 25.8 Å². The Morgan fingerprint density at radius 2 is 2.10 bits per heavy atom. The van der Waals surface area contributed by atoms with Crippen molar-refractivity contribution in [3.05, 3.63) is 23.8 Å². The second-order valence-electron chi connectivity index (χ2n) is 5.71. The van der Waals surface area contributed by atoms with E-state index < -0.39 is 0 Å². The van der Waals surface area contributed by atoms with Gasteiger partial charge in [0.25, 0.3) is 0 Å². The van der Waals surface area contributed by atoms with Crippen molar-refractivity contribution in [2.45, 2.75) is 32.7 Å².